The molecule has 10 heteroatoms. The number of nitrogen functional groups attached to an aromatic ring is 1. The van der Waals surface area contributed by atoms with Gasteiger partial charge in [-0.2, -0.15) is 0 Å². The van der Waals surface area contributed by atoms with E-state index in [1.165, 1.54) is 13.0 Å². The summed E-state index contributed by atoms with van der Waals surface area (Å²) >= 11 is 6.21. The minimum absolute atomic E-state index is 0.0110. The largest absolute Gasteiger partial charge is 0.368 e. The normalized spacial score (nSPS) is 19.7. The second-order valence-electron chi connectivity index (χ2n) is 7.24. The second-order valence-corrected chi connectivity index (χ2v) is 9.33. The van der Waals surface area contributed by atoms with E-state index in [9.17, 15) is 13.2 Å². The zero-order chi connectivity index (χ0) is 21.2. The van der Waals surface area contributed by atoms with Crippen LogP contribution in [0.2, 0.25) is 5.02 Å². The number of anilines is 1. The number of rotatable bonds is 5. The molecule has 1 aliphatic carbocycles. The molecule has 0 spiro atoms. The molecule has 1 saturated carbocycles. The van der Waals surface area contributed by atoms with Crippen molar-refractivity contribution in [1.29, 1.82) is 0 Å². The monoisotopic (exact) mass is 437 g/mol. The third kappa shape index (κ3) is 5.23. The molecule has 1 aromatic carbocycles. The van der Waals surface area contributed by atoms with Crippen molar-refractivity contribution in [2.75, 3.05) is 5.73 Å². The minimum Gasteiger partial charge on any atom is -0.368 e. The maximum atomic E-state index is 13.0. The van der Waals surface area contributed by atoms with Gasteiger partial charge < -0.3 is 11.1 Å². The molecule has 156 valence electrons. The van der Waals surface area contributed by atoms with Gasteiger partial charge in [0.25, 0.3) is 0 Å². The summed E-state index contributed by atoms with van der Waals surface area (Å²) in [7, 11) is -3.82. The fourth-order valence-corrected chi connectivity index (χ4v) is 5.40. The molecule has 1 fully saturated rings. The SMILES string of the molecule is CC(=O)N[C@H]1CC[C@@H](NS(=O)(=O)c2cc(-c3cnc(N)nc3C)ccc2Cl)CC1. The van der Waals surface area contributed by atoms with Gasteiger partial charge in [0.05, 0.1) is 10.7 Å². The molecule has 29 heavy (non-hydrogen) atoms. The number of aryl methyl sites for hydroxylation is 1. The quantitative estimate of drug-likeness (QED) is 0.659. The standard InChI is InChI=1S/C19H24ClN5O3S/c1-11-16(10-22-19(21)23-11)13-3-8-17(20)18(9-13)29(27,28)25-15-6-4-14(5-7-15)24-12(2)26/h3,8-10,14-15,25H,4-7H2,1-2H3,(H,24,26)(H2,21,22,23)/t14-,15+. The van der Waals surface area contributed by atoms with Crippen molar-refractivity contribution in [3.8, 4) is 11.1 Å². The lowest BCUT2D eigenvalue weighted by atomic mass is 9.92. The number of amides is 1. The van der Waals surface area contributed by atoms with Crippen molar-refractivity contribution in [3.05, 3.63) is 35.1 Å². The van der Waals surface area contributed by atoms with Crippen LogP contribution in [-0.4, -0.2) is 36.4 Å². The van der Waals surface area contributed by atoms with Gasteiger partial charge in [-0.3, -0.25) is 4.79 Å². The molecule has 3 rings (SSSR count). The van der Waals surface area contributed by atoms with Crippen molar-refractivity contribution in [2.24, 2.45) is 0 Å². The molecular weight excluding hydrogens is 414 g/mol. The number of nitrogens with zero attached hydrogens (tertiary/aromatic N) is 2. The Labute approximate surface area is 175 Å². The third-order valence-electron chi connectivity index (χ3n) is 4.99. The molecule has 1 aliphatic rings. The highest BCUT2D eigenvalue weighted by atomic mass is 35.5. The van der Waals surface area contributed by atoms with E-state index in [4.69, 9.17) is 17.3 Å². The number of nitrogens with one attached hydrogen (secondary N) is 2. The number of hydrogen-bond donors (Lipinski definition) is 3. The van der Waals surface area contributed by atoms with Gasteiger partial charge in [0.2, 0.25) is 21.9 Å². The van der Waals surface area contributed by atoms with E-state index < -0.39 is 10.0 Å². The molecule has 1 heterocycles. The highest BCUT2D eigenvalue weighted by Crippen LogP contribution is 2.30. The molecule has 2 aromatic rings. The summed E-state index contributed by atoms with van der Waals surface area (Å²) in [6.07, 6.45) is 4.30. The van der Waals surface area contributed by atoms with Crippen LogP contribution in [0.1, 0.15) is 38.3 Å². The van der Waals surface area contributed by atoms with Gasteiger partial charge in [0.15, 0.2) is 0 Å². The number of benzene rings is 1. The fraction of sp³-hybridized carbons (Fsp3) is 0.421. The summed E-state index contributed by atoms with van der Waals surface area (Å²) in [6.45, 7) is 3.26. The lowest BCUT2D eigenvalue weighted by molar-refractivity contribution is -0.119. The number of carbonyl (C=O) groups is 1. The van der Waals surface area contributed by atoms with Gasteiger partial charge in [-0.1, -0.05) is 17.7 Å². The summed E-state index contributed by atoms with van der Waals surface area (Å²) in [5, 5.41) is 3.02. The van der Waals surface area contributed by atoms with Gasteiger partial charge in [0.1, 0.15) is 4.90 Å². The van der Waals surface area contributed by atoms with Gasteiger partial charge in [-0.05, 0) is 50.3 Å². The first-order chi connectivity index (χ1) is 13.7. The van der Waals surface area contributed by atoms with E-state index in [1.54, 1.807) is 25.3 Å². The number of nitrogens with two attached hydrogens (primary N) is 1. The Morgan fingerprint density at radius 3 is 2.48 bits per heavy atom. The summed E-state index contributed by atoms with van der Waals surface area (Å²) in [5.74, 6) is 0.0872. The molecule has 8 nitrogen and oxygen atoms in total. The van der Waals surface area contributed by atoms with Crippen molar-refractivity contribution in [3.63, 3.8) is 0 Å². The fourth-order valence-electron chi connectivity index (χ4n) is 3.57. The van der Waals surface area contributed by atoms with Crippen molar-refractivity contribution in [2.45, 2.75) is 56.5 Å². The van der Waals surface area contributed by atoms with E-state index in [1.807, 2.05) is 0 Å². The lowest BCUT2D eigenvalue weighted by Crippen LogP contribution is -2.43. The van der Waals surface area contributed by atoms with Crippen LogP contribution in [0.3, 0.4) is 0 Å². The van der Waals surface area contributed by atoms with Gasteiger partial charge >= 0.3 is 0 Å². The van der Waals surface area contributed by atoms with E-state index in [2.05, 4.69) is 20.0 Å². The molecule has 1 amide bonds. The lowest BCUT2D eigenvalue weighted by Gasteiger charge is -2.29. The Kier molecular flexibility index (Phi) is 6.40. The number of hydrogen-bond acceptors (Lipinski definition) is 6. The third-order valence-corrected chi connectivity index (χ3v) is 6.99. The maximum Gasteiger partial charge on any atom is 0.242 e. The summed E-state index contributed by atoms with van der Waals surface area (Å²) in [5.41, 5.74) is 7.57. The number of aromatic nitrogens is 2. The van der Waals surface area contributed by atoms with Crippen LogP contribution in [0, 0.1) is 6.92 Å². The van der Waals surface area contributed by atoms with Crippen LogP contribution in [0.15, 0.2) is 29.3 Å². The number of halogens is 1. The first-order valence-electron chi connectivity index (χ1n) is 9.34. The van der Waals surface area contributed by atoms with Crippen LogP contribution >= 0.6 is 11.6 Å². The topological polar surface area (TPSA) is 127 Å². The van der Waals surface area contributed by atoms with E-state index >= 15 is 0 Å². The second kappa shape index (κ2) is 8.64. The Hall–Kier alpha value is -2.23. The first-order valence-corrected chi connectivity index (χ1v) is 11.2. The Bertz CT molecular complexity index is 1020. The van der Waals surface area contributed by atoms with Crippen LogP contribution in [0.4, 0.5) is 5.95 Å². The average molecular weight is 438 g/mol. The van der Waals surface area contributed by atoms with E-state index in [-0.39, 0.29) is 33.9 Å². The summed E-state index contributed by atoms with van der Waals surface area (Å²) < 4.78 is 28.7. The van der Waals surface area contributed by atoms with Crippen molar-refractivity contribution in [1.82, 2.24) is 20.0 Å². The van der Waals surface area contributed by atoms with Gasteiger partial charge in [-0.25, -0.2) is 23.1 Å². The zero-order valence-corrected chi connectivity index (χ0v) is 17.8. The van der Waals surface area contributed by atoms with E-state index in [0.29, 0.717) is 29.7 Å². The molecule has 0 aliphatic heterocycles. The first kappa shape index (κ1) is 21.5. The molecule has 0 bridgehead atoms. The number of carbonyl (C=O) groups excluding carboxylic acids is 1. The molecule has 0 atom stereocenters. The summed E-state index contributed by atoms with van der Waals surface area (Å²) in [6, 6.07) is 4.69. The van der Waals surface area contributed by atoms with Crippen LogP contribution < -0.4 is 15.8 Å². The Balaban J connectivity index is 1.79. The van der Waals surface area contributed by atoms with Crippen molar-refractivity contribution >= 4 is 33.5 Å². The molecule has 1 aromatic heterocycles. The van der Waals surface area contributed by atoms with Gasteiger partial charge in [-0.15, -0.1) is 0 Å². The molecular formula is C19H24ClN5O3S. The van der Waals surface area contributed by atoms with Crippen LogP contribution in [0.5, 0.6) is 0 Å². The molecule has 4 N–H and O–H groups in total. The van der Waals surface area contributed by atoms with E-state index in [0.717, 1.165) is 12.8 Å². The minimum atomic E-state index is -3.82. The summed E-state index contributed by atoms with van der Waals surface area (Å²) in [4.78, 5) is 19.3. The smallest absolute Gasteiger partial charge is 0.242 e. The maximum absolute atomic E-state index is 13.0. The molecule has 0 unspecified atom stereocenters. The molecule has 0 saturated heterocycles. The van der Waals surface area contributed by atoms with Gasteiger partial charge in [0, 0.05) is 30.8 Å². The average Bonchev–Trinajstić information content (AvgIpc) is 2.63. The molecule has 0 radical (unpaired) electrons. The Morgan fingerprint density at radius 1 is 1.21 bits per heavy atom. The highest BCUT2D eigenvalue weighted by Gasteiger charge is 2.27. The predicted octanol–water partition coefficient (Wildman–Crippen LogP) is 2.41. The highest BCUT2D eigenvalue weighted by molar-refractivity contribution is 7.89. The Morgan fingerprint density at radius 2 is 1.86 bits per heavy atom. The predicted molar refractivity (Wildman–Crippen MR) is 112 cm³/mol. The zero-order valence-electron chi connectivity index (χ0n) is 16.3. The van der Waals surface area contributed by atoms with Crippen LogP contribution in [-0.2, 0) is 14.8 Å². The van der Waals surface area contributed by atoms with Crippen molar-refractivity contribution < 1.29 is 13.2 Å². The van der Waals surface area contributed by atoms with Crippen LogP contribution in [0.25, 0.3) is 11.1 Å². The number of sulfonamides is 1.